The highest BCUT2D eigenvalue weighted by Gasteiger charge is 2.34. The van der Waals surface area contributed by atoms with E-state index in [1.54, 1.807) is 36.4 Å². The van der Waals surface area contributed by atoms with Gasteiger partial charge in [0, 0.05) is 21.8 Å². The highest BCUT2D eigenvalue weighted by atomic mass is 35.5. The van der Waals surface area contributed by atoms with Crippen LogP contribution in [0.15, 0.2) is 53.4 Å². The summed E-state index contributed by atoms with van der Waals surface area (Å²) < 4.78 is 27.9. The molecule has 0 radical (unpaired) electrons. The van der Waals surface area contributed by atoms with Crippen molar-refractivity contribution < 1.29 is 13.2 Å². The van der Waals surface area contributed by atoms with Gasteiger partial charge in [0.25, 0.3) is 0 Å². The molecule has 5 nitrogen and oxygen atoms in total. The molecule has 1 amide bonds. The number of rotatable bonds is 6. The van der Waals surface area contributed by atoms with Crippen LogP contribution in [0.1, 0.15) is 32.1 Å². The van der Waals surface area contributed by atoms with Crippen LogP contribution in [0.5, 0.6) is 0 Å². The number of hydrogen-bond acceptors (Lipinski definition) is 3. The van der Waals surface area contributed by atoms with Gasteiger partial charge in [-0.15, -0.1) is 0 Å². The summed E-state index contributed by atoms with van der Waals surface area (Å²) in [5.41, 5.74) is 0.532. The number of halogens is 2. The number of anilines is 1. The van der Waals surface area contributed by atoms with Gasteiger partial charge in [-0.2, -0.15) is 4.31 Å². The minimum absolute atomic E-state index is 0.137. The van der Waals surface area contributed by atoms with Crippen molar-refractivity contribution in [3.8, 4) is 0 Å². The second-order valence-electron chi connectivity index (χ2n) is 6.85. The zero-order chi connectivity index (χ0) is 20.1. The topological polar surface area (TPSA) is 66.5 Å². The fourth-order valence-corrected chi connectivity index (χ4v) is 5.39. The van der Waals surface area contributed by atoms with Gasteiger partial charge in [-0.1, -0.05) is 48.5 Å². The summed E-state index contributed by atoms with van der Waals surface area (Å²) in [4.78, 5) is 12.8. The Kier molecular flexibility index (Phi) is 6.99. The van der Waals surface area contributed by atoms with Gasteiger partial charge in [-0.3, -0.25) is 4.79 Å². The maximum absolute atomic E-state index is 13.3. The molecule has 0 aliphatic heterocycles. The molecule has 150 valence electrons. The smallest absolute Gasteiger partial charge is 0.243 e. The first-order valence-corrected chi connectivity index (χ1v) is 11.4. The van der Waals surface area contributed by atoms with E-state index in [0.29, 0.717) is 15.7 Å². The molecule has 8 heteroatoms. The van der Waals surface area contributed by atoms with Crippen molar-refractivity contribution in [1.82, 2.24) is 4.31 Å². The molecule has 0 unspecified atom stereocenters. The molecule has 0 atom stereocenters. The van der Waals surface area contributed by atoms with Crippen LogP contribution in [0.2, 0.25) is 10.0 Å². The van der Waals surface area contributed by atoms with E-state index >= 15 is 0 Å². The van der Waals surface area contributed by atoms with Crippen LogP contribution >= 0.6 is 23.2 Å². The monoisotopic (exact) mass is 440 g/mol. The van der Waals surface area contributed by atoms with Crippen LogP contribution in [0.4, 0.5) is 5.69 Å². The zero-order valence-corrected chi connectivity index (χ0v) is 17.6. The lowest BCUT2D eigenvalue weighted by molar-refractivity contribution is -0.116. The van der Waals surface area contributed by atoms with Gasteiger partial charge >= 0.3 is 0 Å². The Morgan fingerprint density at radius 1 is 1.00 bits per heavy atom. The van der Waals surface area contributed by atoms with E-state index in [9.17, 15) is 13.2 Å². The van der Waals surface area contributed by atoms with Gasteiger partial charge in [0.05, 0.1) is 11.4 Å². The first-order chi connectivity index (χ1) is 13.4. The lowest BCUT2D eigenvalue weighted by Crippen LogP contribution is -2.45. The predicted molar refractivity (Wildman–Crippen MR) is 112 cm³/mol. The van der Waals surface area contributed by atoms with Gasteiger partial charge < -0.3 is 5.32 Å². The number of carbonyl (C=O) groups is 1. The van der Waals surface area contributed by atoms with Crippen molar-refractivity contribution >= 4 is 44.8 Å². The fraction of sp³-hybridized carbons (Fsp3) is 0.350. The van der Waals surface area contributed by atoms with Crippen LogP contribution < -0.4 is 5.32 Å². The molecule has 0 spiro atoms. The first-order valence-electron chi connectivity index (χ1n) is 9.19. The maximum Gasteiger partial charge on any atom is 0.243 e. The highest BCUT2D eigenvalue weighted by molar-refractivity contribution is 7.89. The second-order valence-corrected chi connectivity index (χ2v) is 9.62. The number of carbonyl (C=O) groups excluding carboxylic acids is 1. The van der Waals surface area contributed by atoms with Crippen molar-refractivity contribution in [2.24, 2.45) is 0 Å². The normalized spacial score (nSPS) is 15.5. The van der Waals surface area contributed by atoms with E-state index in [4.69, 9.17) is 23.2 Å². The molecule has 2 aromatic rings. The molecule has 0 bridgehead atoms. The number of sulfonamides is 1. The molecule has 1 saturated carbocycles. The molecule has 0 heterocycles. The highest BCUT2D eigenvalue weighted by Crippen LogP contribution is 2.28. The summed E-state index contributed by atoms with van der Waals surface area (Å²) >= 11 is 11.8. The summed E-state index contributed by atoms with van der Waals surface area (Å²) in [6.45, 7) is -0.248. The van der Waals surface area contributed by atoms with Gasteiger partial charge in [0.15, 0.2) is 0 Å². The second kappa shape index (κ2) is 9.27. The molecule has 1 fully saturated rings. The molecular formula is C20H22Cl2N2O3S. The maximum atomic E-state index is 13.3. The van der Waals surface area contributed by atoms with Crippen molar-refractivity contribution in [1.29, 1.82) is 0 Å². The summed E-state index contributed by atoms with van der Waals surface area (Å²) in [6.07, 6.45) is 4.48. The quantitative estimate of drug-likeness (QED) is 0.690. The van der Waals surface area contributed by atoms with E-state index in [1.807, 2.05) is 0 Å². The number of benzene rings is 2. The molecule has 28 heavy (non-hydrogen) atoms. The summed E-state index contributed by atoms with van der Waals surface area (Å²) in [7, 11) is -3.83. The van der Waals surface area contributed by atoms with Crippen LogP contribution in [-0.4, -0.2) is 31.2 Å². The summed E-state index contributed by atoms with van der Waals surface area (Å²) in [5, 5.41) is 3.69. The Morgan fingerprint density at radius 2 is 1.68 bits per heavy atom. The van der Waals surface area contributed by atoms with Crippen LogP contribution in [0.25, 0.3) is 0 Å². The third kappa shape index (κ3) is 5.26. The summed E-state index contributed by atoms with van der Waals surface area (Å²) in [6, 6.07) is 12.6. The zero-order valence-electron chi connectivity index (χ0n) is 15.3. The third-order valence-corrected chi connectivity index (χ3v) is 7.21. The summed E-state index contributed by atoms with van der Waals surface area (Å²) in [5.74, 6) is -0.398. The van der Waals surface area contributed by atoms with E-state index in [-0.39, 0.29) is 17.5 Å². The van der Waals surface area contributed by atoms with Gasteiger partial charge in [-0.25, -0.2) is 8.42 Å². The molecule has 1 aliphatic carbocycles. The Balaban J connectivity index is 1.84. The third-order valence-electron chi connectivity index (χ3n) is 4.81. The molecule has 1 aliphatic rings. The Morgan fingerprint density at radius 3 is 2.32 bits per heavy atom. The molecular weight excluding hydrogens is 419 g/mol. The van der Waals surface area contributed by atoms with Crippen molar-refractivity contribution in [2.45, 2.75) is 43.0 Å². The number of amides is 1. The molecule has 1 N–H and O–H groups in total. The van der Waals surface area contributed by atoms with Crippen molar-refractivity contribution in [2.75, 3.05) is 11.9 Å². The first kappa shape index (κ1) is 21.1. The number of nitrogens with one attached hydrogen (secondary N) is 1. The Bertz CT molecular complexity index is 927. The van der Waals surface area contributed by atoms with E-state index in [0.717, 1.165) is 32.1 Å². The van der Waals surface area contributed by atoms with Gasteiger partial charge in [0.1, 0.15) is 0 Å². The molecule has 2 aromatic carbocycles. The lowest BCUT2D eigenvalue weighted by atomic mass is 9.95. The molecule has 3 rings (SSSR count). The Labute approximate surface area is 175 Å². The lowest BCUT2D eigenvalue weighted by Gasteiger charge is -2.33. The van der Waals surface area contributed by atoms with Crippen molar-refractivity contribution in [3.63, 3.8) is 0 Å². The molecule has 0 saturated heterocycles. The average Bonchev–Trinajstić information content (AvgIpc) is 2.67. The van der Waals surface area contributed by atoms with E-state index in [1.165, 1.54) is 16.4 Å². The number of hydrogen-bond donors (Lipinski definition) is 1. The minimum Gasteiger partial charge on any atom is -0.325 e. The van der Waals surface area contributed by atoms with Crippen LogP contribution in [-0.2, 0) is 14.8 Å². The minimum atomic E-state index is -3.83. The standard InChI is InChI=1S/C20H22Cl2N2O3S/c21-15-9-11-19(12-10-15)28(26,27)24(18-7-2-1-3-8-18)14-20(25)23-17-6-4-5-16(22)13-17/h4-6,9-13,18H,1-3,7-8,14H2,(H,23,25). The SMILES string of the molecule is O=C(CN(C1CCCCC1)S(=O)(=O)c1ccc(Cl)cc1)Nc1cccc(Cl)c1. The van der Waals surface area contributed by atoms with Gasteiger partial charge in [-0.05, 0) is 55.3 Å². The Hall–Kier alpha value is -1.60. The van der Waals surface area contributed by atoms with Crippen LogP contribution in [0.3, 0.4) is 0 Å². The van der Waals surface area contributed by atoms with E-state index in [2.05, 4.69) is 5.32 Å². The molecule has 0 aromatic heterocycles. The average molecular weight is 441 g/mol. The van der Waals surface area contributed by atoms with E-state index < -0.39 is 15.9 Å². The largest absolute Gasteiger partial charge is 0.325 e. The fourth-order valence-electron chi connectivity index (χ4n) is 3.43. The van der Waals surface area contributed by atoms with Gasteiger partial charge in [0.2, 0.25) is 15.9 Å². The van der Waals surface area contributed by atoms with Crippen LogP contribution in [0, 0.1) is 0 Å². The van der Waals surface area contributed by atoms with Crippen molar-refractivity contribution in [3.05, 3.63) is 58.6 Å². The number of nitrogens with zero attached hydrogens (tertiary/aromatic N) is 1. The predicted octanol–water partition coefficient (Wildman–Crippen LogP) is 4.96.